The second-order valence-electron chi connectivity index (χ2n) is 4.70. The number of benzene rings is 1. The van der Waals surface area contributed by atoms with E-state index < -0.39 is 5.54 Å². The van der Waals surface area contributed by atoms with Crippen LogP contribution in [0.15, 0.2) is 24.3 Å². The Labute approximate surface area is 110 Å². The molecule has 0 saturated heterocycles. The quantitative estimate of drug-likeness (QED) is 0.871. The summed E-state index contributed by atoms with van der Waals surface area (Å²) in [5, 5.41) is 0. The van der Waals surface area contributed by atoms with Crippen LogP contribution >= 0.6 is 0 Å². The molecule has 3 nitrogen and oxygen atoms in total. The first kappa shape index (κ1) is 14.7. The first-order valence-corrected chi connectivity index (χ1v) is 6.66. The van der Waals surface area contributed by atoms with E-state index in [9.17, 15) is 4.79 Å². The van der Waals surface area contributed by atoms with E-state index in [0.29, 0.717) is 19.4 Å². The van der Waals surface area contributed by atoms with Crippen molar-refractivity contribution in [3.8, 4) is 0 Å². The van der Waals surface area contributed by atoms with Crippen molar-refractivity contribution in [1.82, 2.24) is 0 Å². The van der Waals surface area contributed by atoms with E-state index >= 15 is 0 Å². The smallest absolute Gasteiger partial charge is 0.247 e. The summed E-state index contributed by atoms with van der Waals surface area (Å²) >= 11 is 0. The number of anilines is 1. The van der Waals surface area contributed by atoms with Crippen LogP contribution in [-0.2, 0) is 4.79 Å². The minimum absolute atomic E-state index is 0.0179. The molecule has 0 bridgehead atoms. The molecule has 1 rings (SSSR count). The summed E-state index contributed by atoms with van der Waals surface area (Å²) in [4.78, 5) is 14.4. The van der Waals surface area contributed by atoms with Crippen LogP contribution in [0.5, 0.6) is 0 Å². The van der Waals surface area contributed by atoms with Crippen molar-refractivity contribution in [2.24, 2.45) is 5.73 Å². The molecule has 18 heavy (non-hydrogen) atoms. The van der Waals surface area contributed by atoms with Crippen LogP contribution in [0.2, 0.25) is 0 Å². The maximum atomic E-state index is 12.6. The van der Waals surface area contributed by atoms with Gasteiger partial charge in [0, 0.05) is 12.2 Å². The highest BCUT2D eigenvalue weighted by Crippen LogP contribution is 2.24. The number of carbonyl (C=O) groups excluding carboxylic acids is 1. The Kier molecular flexibility index (Phi) is 4.91. The molecule has 3 heteroatoms. The van der Waals surface area contributed by atoms with E-state index in [0.717, 1.165) is 11.3 Å². The largest absolute Gasteiger partial charge is 0.317 e. The molecular weight excluding hydrogens is 224 g/mol. The Bertz CT molecular complexity index is 411. The van der Waals surface area contributed by atoms with Crippen LogP contribution in [0, 0.1) is 6.92 Å². The van der Waals surface area contributed by atoms with Gasteiger partial charge >= 0.3 is 0 Å². The maximum Gasteiger partial charge on any atom is 0.247 e. The van der Waals surface area contributed by atoms with Gasteiger partial charge in [0.1, 0.15) is 0 Å². The number of likely N-dealkylation sites (N-methyl/N-ethyl adjacent to an activating group) is 1. The second kappa shape index (κ2) is 6.01. The van der Waals surface area contributed by atoms with Crippen LogP contribution in [0.1, 0.15) is 39.2 Å². The minimum atomic E-state index is -0.752. The van der Waals surface area contributed by atoms with Gasteiger partial charge in [0.2, 0.25) is 5.91 Å². The third-order valence-corrected chi connectivity index (χ3v) is 3.66. The average molecular weight is 248 g/mol. The van der Waals surface area contributed by atoms with Gasteiger partial charge in [0.15, 0.2) is 0 Å². The number of nitrogens with two attached hydrogens (primary N) is 1. The van der Waals surface area contributed by atoms with E-state index in [2.05, 4.69) is 0 Å². The van der Waals surface area contributed by atoms with Crippen LogP contribution in [0.3, 0.4) is 0 Å². The number of hydrogen-bond donors (Lipinski definition) is 1. The second-order valence-corrected chi connectivity index (χ2v) is 4.70. The van der Waals surface area contributed by atoms with E-state index in [1.807, 2.05) is 52.0 Å². The molecule has 2 N–H and O–H groups in total. The van der Waals surface area contributed by atoms with Crippen LogP contribution in [-0.4, -0.2) is 18.0 Å². The van der Waals surface area contributed by atoms with E-state index in [1.54, 1.807) is 4.90 Å². The average Bonchev–Trinajstić information content (AvgIpc) is 2.40. The molecule has 0 fully saturated rings. The van der Waals surface area contributed by atoms with Gasteiger partial charge in [-0.2, -0.15) is 0 Å². The molecule has 0 radical (unpaired) electrons. The molecule has 1 amide bonds. The van der Waals surface area contributed by atoms with E-state index in [-0.39, 0.29) is 5.91 Å². The fourth-order valence-corrected chi connectivity index (χ4v) is 2.11. The molecule has 0 heterocycles. The number of aryl methyl sites for hydroxylation is 1. The van der Waals surface area contributed by atoms with Crippen molar-refractivity contribution in [2.45, 2.75) is 46.1 Å². The number of hydrogen-bond acceptors (Lipinski definition) is 2. The molecule has 0 unspecified atom stereocenters. The van der Waals surface area contributed by atoms with E-state index in [4.69, 9.17) is 5.73 Å². The molecule has 100 valence electrons. The van der Waals surface area contributed by atoms with Crippen LogP contribution < -0.4 is 10.6 Å². The number of amides is 1. The lowest BCUT2D eigenvalue weighted by atomic mass is 9.92. The number of nitrogens with zero attached hydrogens (tertiary/aromatic N) is 1. The van der Waals surface area contributed by atoms with Gasteiger partial charge in [-0.25, -0.2) is 0 Å². The normalized spacial score (nSPS) is 11.4. The molecule has 0 saturated carbocycles. The number of carbonyl (C=O) groups is 1. The van der Waals surface area contributed by atoms with Crippen molar-refractivity contribution in [3.05, 3.63) is 29.8 Å². The summed E-state index contributed by atoms with van der Waals surface area (Å²) in [6, 6.07) is 7.92. The summed E-state index contributed by atoms with van der Waals surface area (Å²) in [5.41, 5.74) is 7.52. The third kappa shape index (κ3) is 2.72. The molecule has 0 atom stereocenters. The van der Waals surface area contributed by atoms with Crippen molar-refractivity contribution in [2.75, 3.05) is 11.4 Å². The van der Waals surface area contributed by atoms with Crippen LogP contribution in [0.4, 0.5) is 5.69 Å². The van der Waals surface area contributed by atoms with Gasteiger partial charge in [0.25, 0.3) is 0 Å². The molecule has 1 aromatic rings. The van der Waals surface area contributed by atoms with Crippen molar-refractivity contribution < 1.29 is 4.79 Å². The summed E-state index contributed by atoms with van der Waals surface area (Å²) in [6.07, 6.45) is 1.31. The Morgan fingerprint density at radius 2 is 1.78 bits per heavy atom. The standard InChI is InChI=1S/C15H24N2O/c1-5-15(16,6-2)14(18)17(7-3)13-11-9-8-10-12(13)4/h8-11H,5-7,16H2,1-4H3. The zero-order valence-corrected chi connectivity index (χ0v) is 11.9. The minimum Gasteiger partial charge on any atom is -0.317 e. The fourth-order valence-electron chi connectivity index (χ4n) is 2.11. The van der Waals surface area contributed by atoms with Gasteiger partial charge < -0.3 is 10.6 Å². The lowest BCUT2D eigenvalue weighted by Crippen LogP contribution is -2.55. The van der Waals surface area contributed by atoms with Crippen molar-refractivity contribution >= 4 is 11.6 Å². The lowest BCUT2D eigenvalue weighted by Gasteiger charge is -2.33. The van der Waals surface area contributed by atoms with Crippen LogP contribution in [0.25, 0.3) is 0 Å². The molecule has 0 spiro atoms. The van der Waals surface area contributed by atoms with Gasteiger partial charge in [-0.1, -0.05) is 32.0 Å². The third-order valence-electron chi connectivity index (χ3n) is 3.66. The van der Waals surface area contributed by atoms with Gasteiger partial charge in [-0.3, -0.25) is 4.79 Å². The highest BCUT2D eigenvalue weighted by atomic mass is 16.2. The molecule has 0 aliphatic carbocycles. The highest BCUT2D eigenvalue weighted by molar-refractivity contribution is 6.00. The van der Waals surface area contributed by atoms with Gasteiger partial charge in [-0.05, 0) is 38.3 Å². The van der Waals surface area contributed by atoms with E-state index in [1.165, 1.54) is 0 Å². The zero-order valence-electron chi connectivity index (χ0n) is 11.9. The number of para-hydroxylation sites is 1. The van der Waals surface area contributed by atoms with Gasteiger partial charge in [0.05, 0.1) is 5.54 Å². The van der Waals surface area contributed by atoms with Gasteiger partial charge in [-0.15, -0.1) is 0 Å². The molecule has 0 aliphatic heterocycles. The number of rotatable bonds is 5. The Morgan fingerprint density at radius 3 is 2.22 bits per heavy atom. The summed E-state index contributed by atoms with van der Waals surface area (Å²) in [7, 11) is 0. The zero-order chi connectivity index (χ0) is 13.8. The molecular formula is C15H24N2O. The Morgan fingerprint density at radius 1 is 1.22 bits per heavy atom. The highest BCUT2D eigenvalue weighted by Gasteiger charge is 2.34. The first-order chi connectivity index (χ1) is 8.50. The van der Waals surface area contributed by atoms with Crippen molar-refractivity contribution in [3.63, 3.8) is 0 Å². The predicted molar refractivity (Wildman–Crippen MR) is 76.7 cm³/mol. The Hall–Kier alpha value is -1.35. The molecule has 1 aromatic carbocycles. The predicted octanol–water partition coefficient (Wildman–Crippen LogP) is 2.87. The maximum absolute atomic E-state index is 12.6. The first-order valence-electron chi connectivity index (χ1n) is 6.66. The summed E-state index contributed by atoms with van der Waals surface area (Å²) < 4.78 is 0. The SMILES string of the molecule is CCN(C(=O)C(N)(CC)CC)c1ccccc1C. The monoisotopic (exact) mass is 248 g/mol. The van der Waals surface area contributed by atoms with Crippen molar-refractivity contribution in [1.29, 1.82) is 0 Å². The summed E-state index contributed by atoms with van der Waals surface area (Å²) in [5.74, 6) is 0.0179. The molecule has 0 aliphatic rings. The Balaban J connectivity index is 3.12. The topological polar surface area (TPSA) is 46.3 Å². The fraction of sp³-hybridized carbons (Fsp3) is 0.533. The molecule has 0 aromatic heterocycles. The summed E-state index contributed by atoms with van der Waals surface area (Å²) in [6.45, 7) is 8.57. The lowest BCUT2D eigenvalue weighted by molar-refractivity contribution is -0.123.